The van der Waals surface area contributed by atoms with Crippen LogP contribution in [0.5, 0.6) is 0 Å². The highest BCUT2D eigenvalue weighted by molar-refractivity contribution is 6.00. The van der Waals surface area contributed by atoms with Crippen molar-refractivity contribution >= 4 is 23.5 Å². The van der Waals surface area contributed by atoms with Gasteiger partial charge in [0, 0.05) is 24.3 Å². The highest BCUT2D eigenvalue weighted by atomic mass is 16.4. The Morgan fingerprint density at radius 2 is 1.67 bits per heavy atom. The molecule has 0 aromatic heterocycles. The number of hydrogen-bond acceptors (Lipinski definition) is 3. The third-order valence-electron chi connectivity index (χ3n) is 4.83. The number of nitrogens with one attached hydrogen (secondary N) is 1. The summed E-state index contributed by atoms with van der Waals surface area (Å²) in [7, 11) is 0. The minimum absolute atomic E-state index is 0.0164. The molecule has 27 heavy (non-hydrogen) atoms. The monoisotopic (exact) mass is 366 g/mol. The fourth-order valence-corrected chi connectivity index (χ4v) is 3.34. The highest BCUT2D eigenvalue weighted by Gasteiger charge is 2.22. The van der Waals surface area contributed by atoms with Gasteiger partial charge in [-0.25, -0.2) is 4.79 Å². The first-order chi connectivity index (χ1) is 13.0. The molecule has 140 valence electrons. The Balaban J connectivity index is 1.76. The SMILES string of the molecule is Cc1c(NC(=O)Cc2ccccc2C(=O)O)cccc1C(=O)N1CCCC1. The molecule has 0 bridgehead atoms. The van der Waals surface area contributed by atoms with Crippen molar-refractivity contribution in [2.75, 3.05) is 18.4 Å². The number of carbonyl (C=O) groups is 3. The summed E-state index contributed by atoms with van der Waals surface area (Å²) in [6.45, 7) is 3.34. The molecule has 0 aliphatic carbocycles. The topological polar surface area (TPSA) is 86.7 Å². The maximum Gasteiger partial charge on any atom is 0.335 e. The zero-order chi connectivity index (χ0) is 19.4. The fraction of sp³-hybridized carbons (Fsp3) is 0.286. The molecule has 0 radical (unpaired) electrons. The van der Waals surface area contributed by atoms with Crippen molar-refractivity contribution in [3.8, 4) is 0 Å². The van der Waals surface area contributed by atoms with Gasteiger partial charge in [0.25, 0.3) is 5.91 Å². The highest BCUT2D eigenvalue weighted by Crippen LogP contribution is 2.22. The number of nitrogens with zero attached hydrogens (tertiary/aromatic N) is 1. The number of rotatable bonds is 5. The molecule has 6 nitrogen and oxygen atoms in total. The quantitative estimate of drug-likeness (QED) is 0.851. The van der Waals surface area contributed by atoms with Gasteiger partial charge in [-0.1, -0.05) is 24.3 Å². The molecule has 1 aliphatic heterocycles. The second-order valence-electron chi connectivity index (χ2n) is 6.66. The Hall–Kier alpha value is -3.15. The van der Waals surface area contributed by atoms with Crippen LogP contribution in [0.1, 0.15) is 44.7 Å². The number of aromatic carboxylic acids is 1. The summed E-state index contributed by atoms with van der Waals surface area (Å²) >= 11 is 0. The first-order valence-electron chi connectivity index (χ1n) is 8.97. The van der Waals surface area contributed by atoms with Crippen LogP contribution in [0.4, 0.5) is 5.69 Å². The Morgan fingerprint density at radius 1 is 1.00 bits per heavy atom. The molecule has 2 N–H and O–H groups in total. The molecular formula is C21H22N2O4. The molecule has 2 aromatic carbocycles. The van der Waals surface area contributed by atoms with Crippen LogP contribution < -0.4 is 5.32 Å². The number of amides is 2. The summed E-state index contributed by atoms with van der Waals surface area (Å²) in [5.74, 6) is -1.40. The standard InChI is InChI=1S/C21H22N2O4/c1-14-16(20(25)23-11-4-5-12-23)9-6-10-18(14)22-19(24)13-15-7-2-3-8-17(15)21(26)27/h2-3,6-10H,4-5,11-13H2,1H3,(H,22,24)(H,26,27). The number of carbonyl (C=O) groups excluding carboxylic acids is 2. The van der Waals surface area contributed by atoms with Gasteiger partial charge in [-0.2, -0.15) is 0 Å². The van der Waals surface area contributed by atoms with Crippen molar-refractivity contribution in [3.63, 3.8) is 0 Å². The summed E-state index contributed by atoms with van der Waals surface area (Å²) in [5, 5.41) is 12.0. The maximum atomic E-state index is 12.7. The van der Waals surface area contributed by atoms with Gasteiger partial charge < -0.3 is 15.3 Å². The molecule has 0 unspecified atom stereocenters. The molecule has 2 amide bonds. The van der Waals surface area contributed by atoms with E-state index in [1.807, 2.05) is 11.8 Å². The van der Waals surface area contributed by atoms with E-state index >= 15 is 0 Å². The summed E-state index contributed by atoms with van der Waals surface area (Å²) in [6, 6.07) is 11.7. The van der Waals surface area contributed by atoms with Crippen LogP contribution in [0, 0.1) is 6.92 Å². The normalized spacial score (nSPS) is 13.4. The second kappa shape index (κ2) is 8.03. The van der Waals surface area contributed by atoms with Gasteiger partial charge in [0.1, 0.15) is 0 Å². The lowest BCUT2D eigenvalue weighted by Gasteiger charge is -2.18. The molecule has 0 saturated carbocycles. The van der Waals surface area contributed by atoms with E-state index in [1.165, 1.54) is 6.07 Å². The number of carboxylic acids is 1. The average Bonchev–Trinajstić information content (AvgIpc) is 3.18. The van der Waals surface area contributed by atoms with Gasteiger partial charge in [-0.15, -0.1) is 0 Å². The van der Waals surface area contributed by atoms with E-state index in [0.29, 0.717) is 22.4 Å². The number of carboxylic acid groups (broad SMARTS) is 1. The number of anilines is 1. The molecule has 1 fully saturated rings. The molecule has 1 aliphatic rings. The molecule has 2 aromatic rings. The van der Waals surface area contributed by atoms with Crippen LogP contribution in [0.15, 0.2) is 42.5 Å². The second-order valence-corrected chi connectivity index (χ2v) is 6.66. The molecule has 1 saturated heterocycles. The van der Waals surface area contributed by atoms with E-state index in [2.05, 4.69) is 5.32 Å². The molecular weight excluding hydrogens is 344 g/mol. The average molecular weight is 366 g/mol. The van der Waals surface area contributed by atoms with E-state index in [-0.39, 0.29) is 23.8 Å². The van der Waals surface area contributed by atoms with Crippen molar-refractivity contribution in [1.29, 1.82) is 0 Å². The van der Waals surface area contributed by atoms with Crippen molar-refractivity contribution in [2.45, 2.75) is 26.2 Å². The lowest BCUT2D eigenvalue weighted by Crippen LogP contribution is -2.28. The summed E-state index contributed by atoms with van der Waals surface area (Å²) in [5.41, 5.74) is 2.43. The number of likely N-dealkylation sites (tertiary alicyclic amines) is 1. The third kappa shape index (κ3) is 4.16. The third-order valence-corrected chi connectivity index (χ3v) is 4.83. The molecule has 6 heteroatoms. The Morgan fingerprint density at radius 3 is 2.37 bits per heavy atom. The molecule has 1 heterocycles. The first kappa shape index (κ1) is 18.6. The van der Waals surface area contributed by atoms with Crippen molar-refractivity contribution in [2.24, 2.45) is 0 Å². The van der Waals surface area contributed by atoms with Crippen LogP contribution in [0.2, 0.25) is 0 Å². The van der Waals surface area contributed by atoms with E-state index in [9.17, 15) is 19.5 Å². The predicted octanol–water partition coefficient (Wildman–Crippen LogP) is 3.11. The molecule has 0 atom stereocenters. The van der Waals surface area contributed by atoms with E-state index in [1.54, 1.807) is 36.4 Å². The van der Waals surface area contributed by atoms with Crippen molar-refractivity contribution < 1.29 is 19.5 Å². The Labute approximate surface area is 157 Å². The van der Waals surface area contributed by atoms with Crippen LogP contribution in [-0.2, 0) is 11.2 Å². The van der Waals surface area contributed by atoms with Gasteiger partial charge in [0.05, 0.1) is 12.0 Å². The van der Waals surface area contributed by atoms with Gasteiger partial charge >= 0.3 is 5.97 Å². The van der Waals surface area contributed by atoms with E-state index < -0.39 is 5.97 Å². The van der Waals surface area contributed by atoms with Crippen molar-refractivity contribution in [1.82, 2.24) is 4.90 Å². The Bertz CT molecular complexity index is 886. The molecule has 3 rings (SSSR count). The smallest absolute Gasteiger partial charge is 0.335 e. The van der Waals surface area contributed by atoms with Gasteiger partial charge in [0.15, 0.2) is 0 Å². The maximum absolute atomic E-state index is 12.7. The zero-order valence-electron chi connectivity index (χ0n) is 15.2. The molecule has 0 spiro atoms. The summed E-state index contributed by atoms with van der Waals surface area (Å²) < 4.78 is 0. The Kier molecular flexibility index (Phi) is 5.54. The summed E-state index contributed by atoms with van der Waals surface area (Å²) in [6.07, 6.45) is 1.99. The minimum atomic E-state index is -1.06. The van der Waals surface area contributed by atoms with Crippen molar-refractivity contribution in [3.05, 3.63) is 64.7 Å². The number of benzene rings is 2. The predicted molar refractivity (Wildman–Crippen MR) is 102 cm³/mol. The zero-order valence-corrected chi connectivity index (χ0v) is 15.2. The fourth-order valence-electron chi connectivity index (χ4n) is 3.34. The van der Waals surface area contributed by atoms with Crippen LogP contribution in [-0.4, -0.2) is 40.9 Å². The number of hydrogen-bond donors (Lipinski definition) is 2. The van der Waals surface area contributed by atoms with Gasteiger partial charge in [-0.3, -0.25) is 9.59 Å². The lowest BCUT2D eigenvalue weighted by atomic mass is 10.0. The van der Waals surface area contributed by atoms with Crippen LogP contribution in [0.25, 0.3) is 0 Å². The minimum Gasteiger partial charge on any atom is -0.478 e. The van der Waals surface area contributed by atoms with Gasteiger partial charge in [-0.05, 0) is 49.1 Å². The van der Waals surface area contributed by atoms with Crippen LogP contribution >= 0.6 is 0 Å². The van der Waals surface area contributed by atoms with Crippen LogP contribution in [0.3, 0.4) is 0 Å². The van der Waals surface area contributed by atoms with Gasteiger partial charge in [0.2, 0.25) is 5.91 Å². The summed E-state index contributed by atoms with van der Waals surface area (Å²) in [4.78, 5) is 38.2. The lowest BCUT2D eigenvalue weighted by molar-refractivity contribution is -0.115. The largest absolute Gasteiger partial charge is 0.478 e. The van der Waals surface area contributed by atoms with E-state index in [0.717, 1.165) is 25.9 Å². The van der Waals surface area contributed by atoms with E-state index in [4.69, 9.17) is 0 Å². The first-order valence-corrected chi connectivity index (χ1v) is 8.97.